The van der Waals surface area contributed by atoms with E-state index in [1.54, 1.807) is 9.80 Å². The Morgan fingerprint density at radius 3 is 2.60 bits per heavy atom. The second-order valence-electron chi connectivity index (χ2n) is 9.47. The predicted molar refractivity (Wildman–Crippen MR) is 134 cm³/mol. The maximum absolute atomic E-state index is 13.8. The third-order valence-corrected chi connectivity index (χ3v) is 7.35. The molecule has 0 radical (unpaired) electrons. The second kappa shape index (κ2) is 9.21. The lowest BCUT2D eigenvalue weighted by molar-refractivity contribution is -0.133. The van der Waals surface area contributed by atoms with Crippen LogP contribution in [-0.2, 0) is 22.7 Å². The van der Waals surface area contributed by atoms with Gasteiger partial charge in [0.15, 0.2) is 0 Å². The van der Waals surface area contributed by atoms with Crippen LogP contribution >= 0.6 is 0 Å². The molecule has 1 aromatic heterocycles. The Bertz CT molecular complexity index is 1240. The van der Waals surface area contributed by atoms with Gasteiger partial charge in [-0.25, -0.2) is 0 Å². The molecule has 35 heavy (non-hydrogen) atoms. The third-order valence-electron chi connectivity index (χ3n) is 7.35. The summed E-state index contributed by atoms with van der Waals surface area (Å²) in [6.07, 6.45) is 2.74. The number of rotatable bonds is 9. The highest BCUT2D eigenvalue weighted by Gasteiger charge is 2.66. The highest BCUT2D eigenvalue weighted by Crippen LogP contribution is 2.65. The minimum Gasteiger partial charge on any atom is -0.492 e. The lowest BCUT2D eigenvalue weighted by atomic mass is 9.92. The van der Waals surface area contributed by atoms with E-state index in [9.17, 15) is 9.59 Å². The van der Waals surface area contributed by atoms with E-state index in [2.05, 4.69) is 11.2 Å². The zero-order chi connectivity index (χ0) is 24.6. The Morgan fingerprint density at radius 2 is 1.89 bits per heavy atom. The molecule has 1 fully saturated rings. The maximum atomic E-state index is 13.8. The summed E-state index contributed by atoms with van der Waals surface area (Å²) in [5.41, 5.74) is 3.31. The molecule has 2 aromatic carbocycles. The van der Waals surface area contributed by atoms with E-state index in [4.69, 9.17) is 4.74 Å². The molecule has 2 amide bonds. The van der Waals surface area contributed by atoms with E-state index in [1.165, 1.54) is 0 Å². The van der Waals surface area contributed by atoms with Gasteiger partial charge in [0.05, 0.1) is 11.1 Å². The van der Waals surface area contributed by atoms with Gasteiger partial charge in [-0.05, 0) is 51.0 Å². The number of amides is 2. The summed E-state index contributed by atoms with van der Waals surface area (Å²) in [6, 6.07) is 17.5. The summed E-state index contributed by atoms with van der Waals surface area (Å²) in [6.45, 7) is 8.13. The number of benzene rings is 2. The molecule has 0 N–H and O–H groups in total. The number of anilines is 1. The molecular weight excluding hydrogens is 440 g/mol. The van der Waals surface area contributed by atoms with E-state index in [1.807, 2.05) is 80.2 Å². The number of hydrogen-bond donors (Lipinski definition) is 0. The number of fused-ring (bicyclic) bond motifs is 3. The van der Waals surface area contributed by atoms with E-state index < -0.39 is 5.41 Å². The molecule has 2 heterocycles. The van der Waals surface area contributed by atoms with Crippen LogP contribution in [0.1, 0.15) is 43.0 Å². The largest absolute Gasteiger partial charge is 0.492 e. The van der Waals surface area contributed by atoms with E-state index in [0.29, 0.717) is 19.7 Å². The van der Waals surface area contributed by atoms with Gasteiger partial charge in [0.2, 0.25) is 11.8 Å². The summed E-state index contributed by atoms with van der Waals surface area (Å²) in [4.78, 5) is 30.8. The number of para-hydroxylation sites is 2. The van der Waals surface area contributed by atoms with Crippen molar-refractivity contribution < 1.29 is 14.3 Å². The van der Waals surface area contributed by atoms with Gasteiger partial charge in [0.25, 0.3) is 0 Å². The number of nitrogens with zero attached hydrogens (tertiary/aromatic N) is 4. The zero-order valence-electron chi connectivity index (χ0n) is 20.6. The van der Waals surface area contributed by atoms with Crippen molar-refractivity contribution >= 4 is 17.5 Å². The van der Waals surface area contributed by atoms with Crippen LogP contribution in [0.2, 0.25) is 0 Å². The van der Waals surface area contributed by atoms with Gasteiger partial charge in [0, 0.05) is 43.0 Å². The van der Waals surface area contributed by atoms with Crippen molar-refractivity contribution in [2.24, 2.45) is 5.41 Å². The average Bonchev–Trinajstić information content (AvgIpc) is 3.53. The number of ether oxygens (including phenoxy) is 1. The highest BCUT2D eigenvalue weighted by atomic mass is 16.5. The average molecular weight is 473 g/mol. The number of aryl methyl sites for hydroxylation is 2. The molecule has 0 saturated heterocycles. The minimum atomic E-state index is -0.611. The standard InChI is InChI=1S/C28H32N4O3/c1-4-30(16-21-17-31(5-2)29-20(21)3)26(33)18-32-25-14-10-9-13-23(25)24-15-28(24,27(32)34)19-35-22-11-7-6-8-12-22/h6-14,17,24H,4-5,15-16,18-19H2,1-3H3/t24-,28+/m0/s1. The number of carbonyl (C=O) groups is 2. The SMILES string of the molecule is CCN(Cc1cn(CC)nc1C)C(=O)CN1C(=O)[C@@]2(COc3ccccc3)C[C@H]2c2ccccc21. The van der Waals surface area contributed by atoms with Crippen molar-refractivity contribution in [1.29, 1.82) is 0 Å². The van der Waals surface area contributed by atoms with E-state index in [0.717, 1.165) is 41.2 Å². The summed E-state index contributed by atoms with van der Waals surface area (Å²) in [5.74, 6) is 0.794. The minimum absolute atomic E-state index is 0.0171. The molecule has 1 aliphatic carbocycles. The van der Waals surface area contributed by atoms with Gasteiger partial charge in [0.1, 0.15) is 18.9 Å². The van der Waals surface area contributed by atoms with Gasteiger partial charge >= 0.3 is 0 Å². The first-order valence-corrected chi connectivity index (χ1v) is 12.4. The van der Waals surface area contributed by atoms with Crippen LogP contribution in [0.15, 0.2) is 60.8 Å². The molecular formula is C28H32N4O3. The Morgan fingerprint density at radius 1 is 1.14 bits per heavy atom. The molecule has 2 atom stereocenters. The lowest BCUT2D eigenvalue weighted by Gasteiger charge is -2.35. The smallest absolute Gasteiger partial charge is 0.242 e. The maximum Gasteiger partial charge on any atom is 0.242 e. The quantitative estimate of drug-likeness (QED) is 0.469. The molecule has 0 unspecified atom stereocenters. The van der Waals surface area contributed by atoms with Crippen LogP contribution in [0.4, 0.5) is 5.69 Å². The fraction of sp³-hybridized carbons (Fsp3) is 0.393. The van der Waals surface area contributed by atoms with Gasteiger partial charge < -0.3 is 14.5 Å². The topological polar surface area (TPSA) is 67.7 Å². The van der Waals surface area contributed by atoms with Gasteiger partial charge in [-0.2, -0.15) is 5.10 Å². The molecule has 1 saturated carbocycles. The Labute approximate surface area is 206 Å². The van der Waals surface area contributed by atoms with Gasteiger partial charge in [-0.3, -0.25) is 14.3 Å². The first-order valence-electron chi connectivity index (χ1n) is 12.4. The Kier molecular flexibility index (Phi) is 6.09. The molecule has 2 aliphatic rings. The molecule has 7 heteroatoms. The van der Waals surface area contributed by atoms with Crippen molar-refractivity contribution in [1.82, 2.24) is 14.7 Å². The van der Waals surface area contributed by atoms with Crippen LogP contribution < -0.4 is 9.64 Å². The predicted octanol–water partition coefficient (Wildman–Crippen LogP) is 4.16. The number of aromatic nitrogens is 2. The van der Waals surface area contributed by atoms with Gasteiger partial charge in [-0.1, -0.05) is 36.4 Å². The number of hydrogen-bond acceptors (Lipinski definition) is 4. The van der Waals surface area contributed by atoms with Crippen LogP contribution in [-0.4, -0.2) is 46.2 Å². The monoisotopic (exact) mass is 472 g/mol. The summed E-state index contributed by atoms with van der Waals surface area (Å²) >= 11 is 0. The van der Waals surface area contributed by atoms with Crippen molar-refractivity contribution in [2.45, 2.75) is 46.2 Å². The van der Waals surface area contributed by atoms with Crippen molar-refractivity contribution in [3.05, 3.63) is 77.6 Å². The fourth-order valence-electron chi connectivity index (χ4n) is 5.16. The summed E-state index contributed by atoms with van der Waals surface area (Å²) in [5, 5.41) is 4.50. The van der Waals surface area contributed by atoms with Gasteiger partial charge in [-0.15, -0.1) is 0 Å². The zero-order valence-corrected chi connectivity index (χ0v) is 20.6. The summed E-state index contributed by atoms with van der Waals surface area (Å²) in [7, 11) is 0. The molecule has 5 rings (SSSR count). The third kappa shape index (κ3) is 4.20. The normalized spacial score (nSPS) is 20.3. The molecule has 1 aliphatic heterocycles. The van der Waals surface area contributed by atoms with Crippen molar-refractivity contribution in [2.75, 3.05) is 24.6 Å². The molecule has 0 bridgehead atoms. The molecule has 0 spiro atoms. The first-order chi connectivity index (χ1) is 17.0. The van der Waals surface area contributed by atoms with Crippen molar-refractivity contribution in [3.63, 3.8) is 0 Å². The van der Waals surface area contributed by atoms with E-state index >= 15 is 0 Å². The fourth-order valence-corrected chi connectivity index (χ4v) is 5.16. The van der Waals surface area contributed by atoms with Crippen LogP contribution in [0, 0.1) is 12.3 Å². The number of likely N-dealkylation sites (N-methyl/N-ethyl adjacent to an activating group) is 1. The van der Waals surface area contributed by atoms with Crippen LogP contribution in [0.25, 0.3) is 0 Å². The molecule has 182 valence electrons. The lowest BCUT2D eigenvalue weighted by Crippen LogP contribution is -2.49. The van der Waals surface area contributed by atoms with Crippen LogP contribution in [0.3, 0.4) is 0 Å². The molecule has 7 nitrogen and oxygen atoms in total. The second-order valence-corrected chi connectivity index (χ2v) is 9.47. The highest BCUT2D eigenvalue weighted by molar-refractivity contribution is 6.07. The summed E-state index contributed by atoms with van der Waals surface area (Å²) < 4.78 is 7.94. The Hall–Kier alpha value is -3.61. The van der Waals surface area contributed by atoms with Crippen molar-refractivity contribution in [3.8, 4) is 5.75 Å². The van der Waals surface area contributed by atoms with Crippen LogP contribution in [0.5, 0.6) is 5.75 Å². The first kappa shape index (κ1) is 23.1. The molecule has 3 aromatic rings. The Balaban J connectivity index is 1.36. The van der Waals surface area contributed by atoms with E-state index in [-0.39, 0.29) is 24.3 Å². The number of carbonyl (C=O) groups excluding carboxylic acids is 2.